The molecule has 7 heteroatoms. The maximum atomic E-state index is 9.49. The van der Waals surface area contributed by atoms with Crippen LogP contribution in [0.25, 0.3) is 11.0 Å². The van der Waals surface area contributed by atoms with Gasteiger partial charge >= 0.3 is 0 Å². The van der Waals surface area contributed by atoms with Crippen LogP contribution >= 0.6 is 0 Å². The summed E-state index contributed by atoms with van der Waals surface area (Å²) >= 11 is 0. The van der Waals surface area contributed by atoms with Gasteiger partial charge in [0.15, 0.2) is 11.5 Å². The highest BCUT2D eigenvalue weighted by molar-refractivity contribution is 5.77. The second-order valence-electron chi connectivity index (χ2n) is 5.40. The molecular formula is C15H17N5O2. The molecule has 0 saturated heterocycles. The number of aromatic amines is 1. The maximum absolute atomic E-state index is 9.49. The minimum Gasteiger partial charge on any atom is -0.504 e. The van der Waals surface area contributed by atoms with E-state index >= 15 is 0 Å². The fourth-order valence-corrected chi connectivity index (χ4v) is 2.18. The van der Waals surface area contributed by atoms with Gasteiger partial charge in [0.05, 0.1) is 11.9 Å². The monoisotopic (exact) mass is 299 g/mol. The molecule has 4 N–H and O–H groups in total. The van der Waals surface area contributed by atoms with Crippen molar-refractivity contribution in [3.8, 4) is 11.5 Å². The molecule has 0 bridgehead atoms. The molecule has 3 aromatic rings. The molecule has 0 aliphatic heterocycles. The first kappa shape index (κ1) is 14.1. The van der Waals surface area contributed by atoms with Gasteiger partial charge in [-0.3, -0.25) is 5.10 Å². The van der Waals surface area contributed by atoms with E-state index in [-0.39, 0.29) is 17.4 Å². The first-order valence-corrected chi connectivity index (χ1v) is 7.00. The number of phenolic OH excluding ortho intramolecular Hbond substituents is 2. The standard InChI is InChI=1S/C15H17N5O2/c1-8(2)13-14-10(19-20-13)7-17-15(18-14)16-6-9-3-4-11(21)12(22)5-9/h3-5,7-8,21-22H,6H2,1-2H3,(H,19,20)(H,16,17,18). The Morgan fingerprint density at radius 1 is 1.23 bits per heavy atom. The fraction of sp³-hybridized carbons (Fsp3) is 0.267. The molecule has 0 saturated carbocycles. The van der Waals surface area contributed by atoms with Crippen LogP contribution in [-0.2, 0) is 6.54 Å². The van der Waals surface area contributed by atoms with Crippen molar-refractivity contribution in [3.05, 3.63) is 35.7 Å². The van der Waals surface area contributed by atoms with Gasteiger partial charge in [0.25, 0.3) is 0 Å². The van der Waals surface area contributed by atoms with Crippen molar-refractivity contribution in [2.45, 2.75) is 26.3 Å². The first-order valence-electron chi connectivity index (χ1n) is 7.00. The smallest absolute Gasteiger partial charge is 0.223 e. The van der Waals surface area contributed by atoms with Gasteiger partial charge in [0.2, 0.25) is 5.95 Å². The summed E-state index contributed by atoms with van der Waals surface area (Å²) in [5, 5.41) is 29.1. The Balaban J connectivity index is 1.81. The van der Waals surface area contributed by atoms with Crippen LogP contribution in [0.2, 0.25) is 0 Å². The third-order valence-electron chi connectivity index (χ3n) is 3.37. The van der Waals surface area contributed by atoms with Crippen molar-refractivity contribution < 1.29 is 10.2 Å². The van der Waals surface area contributed by atoms with Gasteiger partial charge in [-0.15, -0.1) is 0 Å². The Morgan fingerprint density at radius 3 is 2.77 bits per heavy atom. The van der Waals surface area contributed by atoms with Gasteiger partial charge in [0, 0.05) is 6.54 Å². The molecule has 0 amide bonds. The summed E-state index contributed by atoms with van der Waals surface area (Å²) < 4.78 is 0. The number of rotatable bonds is 4. The van der Waals surface area contributed by atoms with E-state index in [1.54, 1.807) is 12.3 Å². The molecule has 0 aliphatic carbocycles. The molecule has 0 aliphatic rings. The zero-order valence-corrected chi connectivity index (χ0v) is 12.3. The molecule has 114 valence electrons. The molecule has 2 heterocycles. The third-order valence-corrected chi connectivity index (χ3v) is 3.37. The lowest BCUT2D eigenvalue weighted by molar-refractivity contribution is 0.403. The van der Waals surface area contributed by atoms with Crippen molar-refractivity contribution in [2.75, 3.05) is 5.32 Å². The highest BCUT2D eigenvalue weighted by Crippen LogP contribution is 2.25. The van der Waals surface area contributed by atoms with Crippen molar-refractivity contribution in [1.82, 2.24) is 20.2 Å². The summed E-state index contributed by atoms with van der Waals surface area (Å²) in [4.78, 5) is 8.71. The van der Waals surface area contributed by atoms with Crippen LogP contribution in [0.1, 0.15) is 31.0 Å². The van der Waals surface area contributed by atoms with Crippen LogP contribution in [0.4, 0.5) is 5.95 Å². The van der Waals surface area contributed by atoms with Gasteiger partial charge in [-0.1, -0.05) is 19.9 Å². The Kier molecular flexibility index (Phi) is 3.54. The number of fused-ring (bicyclic) bond motifs is 1. The van der Waals surface area contributed by atoms with Gasteiger partial charge in [-0.2, -0.15) is 5.10 Å². The van der Waals surface area contributed by atoms with Crippen LogP contribution < -0.4 is 5.32 Å². The number of aromatic hydroxyl groups is 2. The van der Waals surface area contributed by atoms with Gasteiger partial charge in [-0.05, 0) is 23.6 Å². The molecule has 0 fully saturated rings. The number of anilines is 1. The molecule has 0 atom stereocenters. The first-order chi connectivity index (χ1) is 10.5. The zero-order valence-electron chi connectivity index (χ0n) is 12.3. The number of phenols is 2. The predicted molar refractivity (Wildman–Crippen MR) is 82.9 cm³/mol. The van der Waals surface area contributed by atoms with Crippen molar-refractivity contribution >= 4 is 17.0 Å². The van der Waals surface area contributed by atoms with E-state index < -0.39 is 0 Å². The molecule has 22 heavy (non-hydrogen) atoms. The van der Waals surface area contributed by atoms with Gasteiger partial charge < -0.3 is 15.5 Å². The Morgan fingerprint density at radius 2 is 2.05 bits per heavy atom. The number of aromatic nitrogens is 4. The molecule has 1 aromatic carbocycles. The minimum atomic E-state index is -0.146. The van der Waals surface area contributed by atoms with Crippen LogP contribution in [0.3, 0.4) is 0 Å². The van der Waals surface area contributed by atoms with E-state index in [9.17, 15) is 10.2 Å². The number of nitrogens with zero attached hydrogens (tertiary/aromatic N) is 3. The minimum absolute atomic E-state index is 0.138. The van der Waals surface area contributed by atoms with E-state index in [1.807, 2.05) is 0 Å². The summed E-state index contributed by atoms with van der Waals surface area (Å²) in [6.45, 7) is 4.56. The summed E-state index contributed by atoms with van der Waals surface area (Å²) in [6, 6.07) is 4.67. The molecular weight excluding hydrogens is 282 g/mol. The quantitative estimate of drug-likeness (QED) is 0.551. The van der Waals surface area contributed by atoms with Gasteiger partial charge in [0.1, 0.15) is 11.0 Å². The second-order valence-corrected chi connectivity index (χ2v) is 5.40. The van der Waals surface area contributed by atoms with E-state index in [0.29, 0.717) is 12.5 Å². The van der Waals surface area contributed by atoms with Crippen LogP contribution in [0.5, 0.6) is 11.5 Å². The van der Waals surface area contributed by atoms with Gasteiger partial charge in [-0.25, -0.2) is 9.97 Å². The number of H-pyrrole nitrogens is 1. The second kappa shape index (κ2) is 5.51. The van der Waals surface area contributed by atoms with E-state index in [0.717, 1.165) is 22.3 Å². The lowest BCUT2D eigenvalue weighted by atomic mass is 10.1. The lowest BCUT2D eigenvalue weighted by Crippen LogP contribution is -2.03. The Labute approximate surface area is 127 Å². The van der Waals surface area contributed by atoms with Crippen molar-refractivity contribution in [3.63, 3.8) is 0 Å². The maximum Gasteiger partial charge on any atom is 0.223 e. The van der Waals surface area contributed by atoms with Crippen molar-refractivity contribution in [1.29, 1.82) is 0 Å². The van der Waals surface area contributed by atoms with E-state index in [4.69, 9.17) is 0 Å². The largest absolute Gasteiger partial charge is 0.504 e. The van der Waals surface area contributed by atoms with E-state index in [1.165, 1.54) is 12.1 Å². The average molecular weight is 299 g/mol. The SMILES string of the molecule is CC(C)c1n[nH]c2cnc(NCc3ccc(O)c(O)c3)nc12. The molecule has 0 unspecified atom stereocenters. The summed E-state index contributed by atoms with van der Waals surface area (Å²) in [5.41, 5.74) is 3.33. The lowest BCUT2D eigenvalue weighted by Gasteiger charge is -2.06. The number of hydrogen-bond acceptors (Lipinski definition) is 6. The molecule has 3 rings (SSSR count). The number of hydrogen-bond donors (Lipinski definition) is 4. The Hall–Kier alpha value is -2.83. The Bertz CT molecular complexity index is 813. The number of nitrogens with one attached hydrogen (secondary N) is 2. The van der Waals surface area contributed by atoms with Crippen LogP contribution in [0.15, 0.2) is 24.4 Å². The molecule has 7 nitrogen and oxygen atoms in total. The van der Waals surface area contributed by atoms with Crippen LogP contribution in [0, 0.1) is 0 Å². The summed E-state index contributed by atoms with van der Waals surface area (Å²) in [6.07, 6.45) is 1.69. The summed E-state index contributed by atoms with van der Waals surface area (Å²) in [5.74, 6) is 0.475. The highest BCUT2D eigenvalue weighted by atomic mass is 16.3. The topological polar surface area (TPSA) is 107 Å². The fourth-order valence-electron chi connectivity index (χ4n) is 2.18. The molecule has 0 spiro atoms. The molecule has 0 radical (unpaired) electrons. The zero-order chi connectivity index (χ0) is 15.7. The third kappa shape index (κ3) is 2.65. The summed E-state index contributed by atoms with van der Waals surface area (Å²) in [7, 11) is 0. The van der Waals surface area contributed by atoms with Crippen LogP contribution in [-0.4, -0.2) is 30.4 Å². The number of benzene rings is 1. The highest BCUT2D eigenvalue weighted by Gasteiger charge is 2.12. The predicted octanol–water partition coefficient (Wildman–Crippen LogP) is 2.50. The normalized spacial score (nSPS) is 11.2. The van der Waals surface area contributed by atoms with E-state index in [2.05, 4.69) is 39.3 Å². The molecule has 2 aromatic heterocycles. The average Bonchev–Trinajstić information content (AvgIpc) is 2.91. The van der Waals surface area contributed by atoms with Crippen molar-refractivity contribution in [2.24, 2.45) is 0 Å².